The number of carbonyl (C=O) groups is 1. The third-order valence-electron chi connectivity index (χ3n) is 2.35. The second-order valence-electron chi connectivity index (χ2n) is 3.78. The van der Waals surface area contributed by atoms with Crippen LogP contribution in [0.3, 0.4) is 0 Å². The van der Waals surface area contributed by atoms with Crippen LogP contribution in [0, 0.1) is 0 Å². The molecule has 0 aliphatic heterocycles. The molecule has 0 amide bonds. The molecule has 10 heteroatoms. The molecule has 0 spiro atoms. The second-order valence-corrected chi connectivity index (χ2v) is 6.26. The maximum atomic E-state index is 12.1. The third kappa shape index (κ3) is 3.60. The number of hydrogen-bond acceptors (Lipinski definition) is 5. The third-order valence-corrected chi connectivity index (χ3v) is 4.24. The van der Waals surface area contributed by atoms with Crippen LogP contribution in [0.1, 0.15) is 10.4 Å². The number of halogens is 2. The fourth-order valence-electron chi connectivity index (χ4n) is 1.42. The number of benzene rings is 1. The van der Waals surface area contributed by atoms with Crippen molar-refractivity contribution in [2.75, 3.05) is 4.72 Å². The molecule has 110 valence electrons. The molecule has 0 atom stereocenters. The number of anilines is 1. The Bertz CT molecular complexity index is 811. The summed E-state index contributed by atoms with van der Waals surface area (Å²) in [6, 6.07) is 4.54. The van der Waals surface area contributed by atoms with Gasteiger partial charge in [0.15, 0.2) is 0 Å². The summed E-state index contributed by atoms with van der Waals surface area (Å²) in [4.78, 5) is 18.0. The van der Waals surface area contributed by atoms with Crippen LogP contribution in [0.5, 0.6) is 0 Å². The molecule has 0 unspecified atom stereocenters. The van der Waals surface area contributed by atoms with Crippen molar-refractivity contribution in [3.63, 3.8) is 0 Å². The summed E-state index contributed by atoms with van der Waals surface area (Å²) in [5.41, 5.74) is -0.319. The highest BCUT2D eigenvalue weighted by atomic mass is 35.5. The van der Waals surface area contributed by atoms with E-state index < -0.39 is 16.0 Å². The summed E-state index contributed by atoms with van der Waals surface area (Å²) in [6.45, 7) is 0. The molecule has 21 heavy (non-hydrogen) atoms. The zero-order chi connectivity index (χ0) is 15.6. The van der Waals surface area contributed by atoms with E-state index in [9.17, 15) is 13.2 Å². The maximum absolute atomic E-state index is 12.1. The number of aromatic nitrogens is 2. The lowest BCUT2D eigenvalue weighted by Gasteiger charge is -2.08. The predicted molar refractivity (Wildman–Crippen MR) is 76.3 cm³/mol. The molecule has 2 N–H and O–H groups in total. The van der Waals surface area contributed by atoms with Crippen molar-refractivity contribution in [3.05, 3.63) is 46.3 Å². The normalized spacial score (nSPS) is 11.1. The minimum Gasteiger partial charge on any atom is -0.478 e. The van der Waals surface area contributed by atoms with Crippen LogP contribution < -0.4 is 4.72 Å². The molecular weight excluding hydrogens is 341 g/mol. The first-order valence-electron chi connectivity index (χ1n) is 5.33. The monoisotopic (exact) mass is 347 g/mol. The number of carboxylic acid groups (broad SMARTS) is 1. The molecule has 0 aliphatic carbocycles. The van der Waals surface area contributed by atoms with Gasteiger partial charge in [0.1, 0.15) is 17.3 Å². The van der Waals surface area contributed by atoms with Gasteiger partial charge in [-0.05, 0) is 18.2 Å². The predicted octanol–water partition coefficient (Wildman–Crippen LogP) is 2.28. The minimum atomic E-state index is -4.02. The molecule has 0 aliphatic rings. The minimum absolute atomic E-state index is 0.0400. The van der Waals surface area contributed by atoms with Gasteiger partial charge in [0.05, 0.1) is 15.5 Å². The number of nitrogens with zero attached hydrogens (tertiary/aromatic N) is 2. The zero-order valence-corrected chi connectivity index (χ0v) is 12.4. The van der Waals surface area contributed by atoms with Crippen LogP contribution in [0.2, 0.25) is 10.2 Å². The Balaban J connectivity index is 2.40. The molecule has 0 fully saturated rings. The summed E-state index contributed by atoms with van der Waals surface area (Å²) in [5.74, 6) is -1.37. The maximum Gasteiger partial charge on any atom is 0.337 e. The van der Waals surface area contributed by atoms with Crippen molar-refractivity contribution in [2.45, 2.75) is 4.90 Å². The van der Waals surface area contributed by atoms with E-state index in [1.807, 2.05) is 0 Å². The van der Waals surface area contributed by atoms with E-state index in [0.29, 0.717) is 0 Å². The van der Waals surface area contributed by atoms with Crippen LogP contribution in [0.25, 0.3) is 0 Å². The van der Waals surface area contributed by atoms with Gasteiger partial charge in [0, 0.05) is 6.07 Å². The highest BCUT2D eigenvalue weighted by molar-refractivity contribution is 7.92. The molecule has 7 nitrogen and oxygen atoms in total. The van der Waals surface area contributed by atoms with Crippen LogP contribution >= 0.6 is 23.2 Å². The Morgan fingerprint density at radius 3 is 2.52 bits per heavy atom. The Morgan fingerprint density at radius 1 is 1.19 bits per heavy atom. The van der Waals surface area contributed by atoms with Crippen LogP contribution in [0.15, 0.2) is 35.5 Å². The Labute approximate surface area is 129 Å². The molecule has 2 rings (SSSR count). The standard InChI is InChI=1S/C11H7Cl2N3O4S/c12-8-2-1-6(3-7(8)11(17)18)21(19,20)16-10-4-9(13)14-5-15-10/h1-5H,(H,17,18)(H,14,15,16). The van der Waals surface area contributed by atoms with Gasteiger partial charge in [-0.2, -0.15) is 0 Å². The molecule has 2 aromatic rings. The van der Waals surface area contributed by atoms with Gasteiger partial charge in [-0.3, -0.25) is 4.72 Å². The van der Waals surface area contributed by atoms with Crippen molar-refractivity contribution >= 4 is 45.0 Å². The first-order chi connectivity index (χ1) is 9.79. The van der Waals surface area contributed by atoms with E-state index in [1.165, 1.54) is 18.2 Å². The number of aromatic carboxylic acids is 1. The lowest BCUT2D eigenvalue weighted by atomic mass is 10.2. The Kier molecular flexibility index (Phi) is 4.31. The molecule has 1 heterocycles. The second kappa shape index (κ2) is 5.84. The molecule has 0 radical (unpaired) electrons. The van der Waals surface area contributed by atoms with E-state index in [1.54, 1.807) is 0 Å². The van der Waals surface area contributed by atoms with Crippen LogP contribution in [-0.4, -0.2) is 29.5 Å². The van der Waals surface area contributed by atoms with E-state index in [0.717, 1.165) is 12.4 Å². The van der Waals surface area contributed by atoms with Crippen molar-refractivity contribution in [2.24, 2.45) is 0 Å². The topological polar surface area (TPSA) is 109 Å². The van der Waals surface area contributed by atoms with Gasteiger partial charge in [-0.25, -0.2) is 23.2 Å². The quantitative estimate of drug-likeness (QED) is 0.821. The van der Waals surface area contributed by atoms with Crippen LogP contribution in [0.4, 0.5) is 5.82 Å². The molecule has 0 saturated heterocycles. The average Bonchev–Trinajstić information content (AvgIpc) is 2.38. The van der Waals surface area contributed by atoms with Gasteiger partial charge in [0.25, 0.3) is 10.0 Å². The van der Waals surface area contributed by atoms with Crippen molar-refractivity contribution in [3.8, 4) is 0 Å². The van der Waals surface area contributed by atoms with Crippen molar-refractivity contribution < 1.29 is 18.3 Å². The largest absolute Gasteiger partial charge is 0.478 e. The highest BCUT2D eigenvalue weighted by Crippen LogP contribution is 2.22. The molecule has 1 aromatic carbocycles. The van der Waals surface area contributed by atoms with Gasteiger partial charge in [-0.1, -0.05) is 23.2 Å². The number of nitrogens with one attached hydrogen (secondary N) is 1. The molecule has 0 saturated carbocycles. The highest BCUT2D eigenvalue weighted by Gasteiger charge is 2.19. The van der Waals surface area contributed by atoms with Gasteiger partial charge in [0.2, 0.25) is 0 Å². The van der Waals surface area contributed by atoms with E-state index >= 15 is 0 Å². The van der Waals surface area contributed by atoms with Gasteiger partial charge in [-0.15, -0.1) is 0 Å². The lowest BCUT2D eigenvalue weighted by Crippen LogP contribution is -2.15. The SMILES string of the molecule is O=C(O)c1cc(S(=O)(=O)Nc2cc(Cl)ncn2)ccc1Cl. The number of rotatable bonds is 4. The molecule has 0 bridgehead atoms. The van der Waals surface area contributed by atoms with Gasteiger partial charge < -0.3 is 5.11 Å². The smallest absolute Gasteiger partial charge is 0.337 e. The lowest BCUT2D eigenvalue weighted by molar-refractivity contribution is 0.0697. The summed E-state index contributed by atoms with van der Waals surface area (Å²) < 4.78 is 26.5. The number of sulfonamides is 1. The van der Waals surface area contributed by atoms with E-state index in [-0.39, 0.29) is 26.5 Å². The summed E-state index contributed by atoms with van der Waals surface area (Å²) in [6.07, 6.45) is 1.09. The van der Waals surface area contributed by atoms with E-state index in [4.69, 9.17) is 28.3 Å². The van der Waals surface area contributed by atoms with Gasteiger partial charge >= 0.3 is 5.97 Å². The number of hydrogen-bond donors (Lipinski definition) is 2. The average molecular weight is 348 g/mol. The Hall–Kier alpha value is -1.90. The Morgan fingerprint density at radius 2 is 1.90 bits per heavy atom. The first-order valence-corrected chi connectivity index (χ1v) is 7.57. The first kappa shape index (κ1) is 15.5. The number of carboxylic acids is 1. The summed E-state index contributed by atoms with van der Waals surface area (Å²) >= 11 is 11.3. The molecular formula is C11H7Cl2N3O4S. The summed E-state index contributed by atoms with van der Waals surface area (Å²) in [5, 5.41) is 8.94. The fourth-order valence-corrected chi connectivity index (χ4v) is 2.79. The summed E-state index contributed by atoms with van der Waals surface area (Å²) in [7, 11) is -4.02. The van der Waals surface area contributed by atoms with Crippen molar-refractivity contribution in [1.29, 1.82) is 0 Å². The van der Waals surface area contributed by atoms with Crippen LogP contribution in [-0.2, 0) is 10.0 Å². The zero-order valence-electron chi connectivity index (χ0n) is 10.1. The van der Waals surface area contributed by atoms with Crippen molar-refractivity contribution in [1.82, 2.24) is 9.97 Å². The van der Waals surface area contributed by atoms with E-state index in [2.05, 4.69) is 14.7 Å². The fraction of sp³-hybridized carbons (Fsp3) is 0. The molecule has 1 aromatic heterocycles.